The molecule has 2 aromatic heterocycles. The van der Waals surface area contributed by atoms with Crippen LogP contribution in [0.3, 0.4) is 0 Å². The number of aromatic nitrogens is 4. The van der Waals surface area contributed by atoms with E-state index in [1.807, 2.05) is 66.7 Å². The smallest absolute Gasteiger partial charge is 0.227 e. The lowest BCUT2D eigenvalue weighted by atomic mass is 10.1. The molecule has 3 aromatic carbocycles. The summed E-state index contributed by atoms with van der Waals surface area (Å²) in [5.41, 5.74) is 4.41. The van der Waals surface area contributed by atoms with Crippen LogP contribution in [0.5, 0.6) is 0 Å². The minimum Gasteiger partial charge on any atom is -0.338 e. The van der Waals surface area contributed by atoms with Crippen LogP contribution >= 0.6 is 0 Å². The summed E-state index contributed by atoms with van der Waals surface area (Å²) in [7, 11) is 0. The number of benzene rings is 3. The second kappa shape index (κ2) is 7.70. The number of rotatable bonds is 5. The van der Waals surface area contributed by atoms with Gasteiger partial charge >= 0.3 is 0 Å². The van der Waals surface area contributed by atoms with Gasteiger partial charge in [-0.05, 0) is 43.5 Å². The van der Waals surface area contributed by atoms with E-state index in [0.717, 1.165) is 46.1 Å². The lowest BCUT2D eigenvalue weighted by Crippen LogP contribution is -2.13. The standard InChI is InChI=1S/C26H22N6O/c1-16-7-2-3-10-20(16)24-29-30-25-22-12-5-4-11-21(22)23(31-32(24)25)27-18-8-6-9-19(15-18)28-26(33)17-13-14-17/h2-12,15,17H,13-14H2,1H3,(H,27,31)(H,28,33). The Morgan fingerprint density at radius 1 is 0.909 bits per heavy atom. The van der Waals surface area contributed by atoms with Crippen molar-refractivity contribution in [2.45, 2.75) is 19.8 Å². The maximum atomic E-state index is 12.2. The van der Waals surface area contributed by atoms with Crippen molar-refractivity contribution in [1.82, 2.24) is 19.8 Å². The Bertz CT molecular complexity index is 1520. The lowest BCUT2D eigenvalue weighted by molar-refractivity contribution is -0.117. The number of nitrogens with one attached hydrogen (secondary N) is 2. The van der Waals surface area contributed by atoms with Crippen LogP contribution in [0.15, 0.2) is 72.8 Å². The molecule has 1 fully saturated rings. The highest BCUT2D eigenvalue weighted by molar-refractivity contribution is 6.01. The number of carbonyl (C=O) groups excluding carboxylic acids is 1. The molecule has 1 saturated carbocycles. The highest BCUT2D eigenvalue weighted by atomic mass is 16.2. The van der Waals surface area contributed by atoms with Crippen LogP contribution in [-0.2, 0) is 4.79 Å². The zero-order valence-corrected chi connectivity index (χ0v) is 18.1. The van der Waals surface area contributed by atoms with Crippen molar-refractivity contribution < 1.29 is 4.79 Å². The Morgan fingerprint density at radius 2 is 1.67 bits per heavy atom. The van der Waals surface area contributed by atoms with E-state index < -0.39 is 0 Å². The van der Waals surface area contributed by atoms with Gasteiger partial charge in [-0.3, -0.25) is 4.79 Å². The summed E-state index contributed by atoms with van der Waals surface area (Å²) in [6.45, 7) is 2.05. The molecule has 33 heavy (non-hydrogen) atoms. The fourth-order valence-corrected chi connectivity index (χ4v) is 4.07. The van der Waals surface area contributed by atoms with Gasteiger partial charge < -0.3 is 10.6 Å². The number of hydrogen-bond acceptors (Lipinski definition) is 5. The molecule has 6 rings (SSSR count). The van der Waals surface area contributed by atoms with Crippen molar-refractivity contribution in [3.05, 3.63) is 78.4 Å². The first kappa shape index (κ1) is 19.4. The van der Waals surface area contributed by atoms with E-state index in [1.165, 1.54) is 0 Å². The van der Waals surface area contributed by atoms with E-state index >= 15 is 0 Å². The van der Waals surface area contributed by atoms with Crippen molar-refractivity contribution in [2.24, 2.45) is 5.92 Å². The second-order valence-corrected chi connectivity index (χ2v) is 8.44. The van der Waals surface area contributed by atoms with Crippen LogP contribution in [0.25, 0.3) is 27.8 Å². The van der Waals surface area contributed by atoms with Crippen molar-refractivity contribution in [3.8, 4) is 11.4 Å². The zero-order valence-electron chi connectivity index (χ0n) is 18.1. The van der Waals surface area contributed by atoms with E-state index in [4.69, 9.17) is 5.10 Å². The number of nitrogens with zero attached hydrogens (tertiary/aromatic N) is 4. The van der Waals surface area contributed by atoms with Gasteiger partial charge in [-0.1, -0.05) is 54.6 Å². The third-order valence-electron chi connectivity index (χ3n) is 5.99. The average molecular weight is 435 g/mol. The molecule has 0 unspecified atom stereocenters. The molecule has 0 atom stereocenters. The Hall–Kier alpha value is -4.26. The number of anilines is 3. The molecule has 7 nitrogen and oxygen atoms in total. The van der Waals surface area contributed by atoms with Gasteiger partial charge in [0.05, 0.1) is 0 Å². The van der Waals surface area contributed by atoms with Crippen LogP contribution < -0.4 is 10.6 Å². The summed E-state index contributed by atoms with van der Waals surface area (Å²) >= 11 is 0. The molecular formula is C26H22N6O. The molecule has 0 aliphatic heterocycles. The van der Waals surface area contributed by atoms with Crippen molar-refractivity contribution in [3.63, 3.8) is 0 Å². The third kappa shape index (κ3) is 3.57. The van der Waals surface area contributed by atoms with Crippen molar-refractivity contribution in [1.29, 1.82) is 0 Å². The maximum absolute atomic E-state index is 12.2. The zero-order chi connectivity index (χ0) is 22.4. The molecular weight excluding hydrogens is 412 g/mol. The lowest BCUT2D eigenvalue weighted by Gasteiger charge is -2.12. The first-order valence-corrected chi connectivity index (χ1v) is 11.1. The minimum absolute atomic E-state index is 0.0875. The van der Waals surface area contributed by atoms with Crippen molar-refractivity contribution >= 4 is 39.5 Å². The van der Waals surface area contributed by atoms with Crippen molar-refractivity contribution in [2.75, 3.05) is 10.6 Å². The Kier molecular flexibility index (Phi) is 4.54. The summed E-state index contributed by atoms with van der Waals surface area (Å²) in [6, 6.07) is 23.8. The maximum Gasteiger partial charge on any atom is 0.227 e. The second-order valence-electron chi connectivity index (χ2n) is 8.44. The van der Waals surface area contributed by atoms with E-state index in [2.05, 4.69) is 33.8 Å². The van der Waals surface area contributed by atoms with Gasteiger partial charge in [-0.15, -0.1) is 15.3 Å². The fraction of sp³-hybridized carbons (Fsp3) is 0.154. The number of carbonyl (C=O) groups is 1. The van der Waals surface area contributed by atoms with E-state index in [9.17, 15) is 4.79 Å². The Labute approximate surface area is 190 Å². The fourth-order valence-electron chi connectivity index (χ4n) is 4.07. The summed E-state index contributed by atoms with van der Waals surface area (Å²) in [5, 5.41) is 22.2. The number of aryl methyl sites for hydroxylation is 1. The average Bonchev–Trinajstić information content (AvgIpc) is 3.60. The highest BCUT2D eigenvalue weighted by Gasteiger charge is 2.29. The molecule has 2 heterocycles. The molecule has 7 heteroatoms. The molecule has 0 radical (unpaired) electrons. The SMILES string of the molecule is Cc1ccccc1-c1nnc2c3ccccc3c(Nc3cccc(NC(=O)C4CC4)c3)nn12. The quantitative estimate of drug-likeness (QED) is 0.390. The Balaban J connectivity index is 1.45. The van der Waals surface area contributed by atoms with Gasteiger partial charge in [0.1, 0.15) is 0 Å². The minimum atomic E-state index is 0.0875. The van der Waals surface area contributed by atoms with Crippen LogP contribution in [-0.4, -0.2) is 25.7 Å². The van der Waals surface area contributed by atoms with Crippen LogP contribution in [0.1, 0.15) is 18.4 Å². The summed E-state index contributed by atoms with van der Waals surface area (Å²) in [5.74, 6) is 1.63. The summed E-state index contributed by atoms with van der Waals surface area (Å²) < 4.78 is 1.80. The van der Waals surface area contributed by atoms with Gasteiger partial charge in [-0.25, -0.2) is 0 Å². The molecule has 5 aromatic rings. The number of amides is 1. The van der Waals surface area contributed by atoms with Crippen LogP contribution in [0.2, 0.25) is 0 Å². The van der Waals surface area contributed by atoms with Crippen LogP contribution in [0.4, 0.5) is 17.2 Å². The van der Waals surface area contributed by atoms with Gasteiger partial charge in [0.25, 0.3) is 0 Å². The van der Waals surface area contributed by atoms with E-state index in [0.29, 0.717) is 17.3 Å². The number of hydrogen-bond donors (Lipinski definition) is 2. The van der Waals surface area contributed by atoms with Gasteiger partial charge in [0.2, 0.25) is 5.91 Å². The first-order valence-electron chi connectivity index (χ1n) is 11.1. The third-order valence-corrected chi connectivity index (χ3v) is 5.99. The van der Waals surface area contributed by atoms with E-state index in [1.54, 1.807) is 4.52 Å². The normalized spacial score (nSPS) is 13.4. The monoisotopic (exact) mass is 434 g/mol. The number of fused-ring (bicyclic) bond motifs is 3. The molecule has 0 saturated heterocycles. The van der Waals surface area contributed by atoms with Gasteiger partial charge in [-0.2, -0.15) is 4.52 Å². The Morgan fingerprint density at radius 3 is 2.48 bits per heavy atom. The molecule has 0 bridgehead atoms. The largest absolute Gasteiger partial charge is 0.338 e. The molecule has 1 amide bonds. The summed E-state index contributed by atoms with van der Waals surface area (Å²) in [4.78, 5) is 12.2. The van der Waals surface area contributed by atoms with Crippen LogP contribution in [0, 0.1) is 12.8 Å². The van der Waals surface area contributed by atoms with Gasteiger partial charge in [0.15, 0.2) is 17.3 Å². The molecule has 1 aliphatic carbocycles. The predicted octanol–water partition coefficient (Wildman–Crippen LogP) is 5.35. The molecule has 2 N–H and O–H groups in total. The topological polar surface area (TPSA) is 84.2 Å². The summed E-state index contributed by atoms with van der Waals surface area (Å²) in [6.07, 6.45) is 1.95. The molecule has 1 aliphatic rings. The first-order chi connectivity index (χ1) is 16.2. The molecule has 162 valence electrons. The highest BCUT2D eigenvalue weighted by Crippen LogP contribution is 2.32. The predicted molar refractivity (Wildman–Crippen MR) is 130 cm³/mol. The van der Waals surface area contributed by atoms with E-state index in [-0.39, 0.29) is 11.8 Å². The van der Waals surface area contributed by atoms with Gasteiger partial charge in [0, 0.05) is 33.6 Å². The molecule has 0 spiro atoms.